The van der Waals surface area contributed by atoms with Crippen LogP contribution in [-0.4, -0.2) is 45.3 Å². The first-order valence-electron chi connectivity index (χ1n) is 6.96. The molecule has 1 unspecified atom stereocenters. The van der Waals surface area contributed by atoms with Crippen molar-refractivity contribution in [3.8, 4) is 11.5 Å². The highest BCUT2D eigenvalue weighted by Gasteiger charge is 2.17. The van der Waals surface area contributed by atoms with E-state index in [-0.39, 0.29) is 0 Å². The van der Waals surface area contributed by atoms with Gasteiger partial charge in [-0.25, -0.2) is 0 Å². The van der Waals surface area contributed by atoms with Gasteiger partial charge in [0.2, 0.25) is 0 Å². The van der Waals surface area contributed by atoms with Crippen molar-refractivity contribution in [2.75, 3.05) is 34.4 Å². The van der Waals surface area contributed by atoms with Gasteiger partial charge in [-0.2, -0.15) is 0 Å². The number of likely N-dealkylation sites (N-methyl/N-ethyl adjacent to an activating group) is 1. The van der Waals surface area contributed by atoms with Crippen LogP contribution in [-0.2, 0) is 6.54 Å². The van der Waals surface area contributed by atoms with Crippen molar-refractivity contribution in [3.63, 3.8) is 0 Å². The smallest absolute Gasteiger partial charge is 0.179 e. The molecule has 1 aliphatic heterocycles. The standard InChI is InChI=1S/C15H23ClN2O2/c1-18-6-4-5-12(10-18)17-9-11-7-13(16)15(20-3)14(8-11)19-2/h7-8,12,17H,4-6,9-10H2,1-3H3. The molecule has 0 aromatic heterocycles. The first-order chi connectivity index (χ1) is 9.63. The molecule has 1 N–H and O–H groups in total. The van der Waals surface area contributed by atoms with E-state index < -0.39 is 0 Å². The first-order valence-corrected chi connectivity index (χ1v) is 7.34. The number of nitrogens with one attached hydrogen (secondary N) is 1. The minimum Gasteiger partial charge on any atom is -0.493 e. The molecule has 1 aliphatic rings. The molecule has 5 heteroatoms. The van der Waals surface area contributed by atoms with Gasteiger partial charge in [0, 0.05) is 19.1 Å². The Labute approximate surface area is 126 Å². The number of benzene rings is 1. The quantitative estimate of drug-likeness (QED) is 0.906. The summed E-state index contributed by atoms with van der Waals surface area (Å²) in [5, 5.41) is 4.18. The topological polar surface area (TPSA) is 33.7 Å². The van der Waals surface area contributed by atoms with Gasteiger partial charge in [-0.3, -0.25) is 0 Å². The molecule has 1 saturated heterocycles. The fourth-order valence-corrected chi connectivity index (χ4v) is 2.98. The second-order valence-corrected chi connectivity index (χ2v) is 5.70. The molecule has 0 spiro atoms. The molecule has 20 heavy (non-hydrogen) atoms. The predicted molar refractivity (Wildman–Crippen MR) is 81.9 cm³/mol. The summed E-state index contributed by atoms with van der Waals surface area (Å²) in [6.07, 6.45) is 2.48. The second kappa shape index (κ2) is 7.16. The van der Waals surface area contributed by atoms with E-state index in [1.807, 2.05) is 12.1 Å². The average molecular weight is 299 g/mol. The van der Waals surface area contributed by atoms with Crippen molar-refractivity contribution in [1.82, 2.24) is 10.2 Å². The SMILES string of the molecule is COc1cc(CNC2CCCN(C)C2)cc(Cl)c1OC. The number of nitrogens with zero attached hydrogens (tertiary/aromatic N) is 1. The zero-order chi connectivity index (χ0) is 14.5. The second-order valence-electron chi connectivity index (χ2n) is 5.30. The molecule has 2 rings (SSSR count). The van der Waals surface area contributed by atoms with Crippen molar-refractivity contribution in [2.24, 2.45) is 0 Å². The molecule has 0 amide bonds. The van der Waals surface area contributed by atoms with Crippen LogP contribution in [0.25, 0.3) is 0 Å². The summed E-state index contributed by atoms with van der Waals surface area (Å²) < 4.78 is 10.6. The van der Waals surface area contributed by atoms with Crippen LogP contribution in [0.1, 0.15) is 18.4 Å². The molecule has 112 valence electrons. The summed E-state index contributed by atoms with van der Waals surface area (Å²) in [7, 11) is 5.39. The first kappa shape index (κ1) is 15.4. The van der Waals surface area contributed by atoms with Crippen molar-refractivity contribution >= 4 is 11.6 Å². The Morgan fingerprint density at radius 2 is 2.15 bits per heavy atom. The lowest BCUT2D eigenvalue weighted by Crippen LogP contribution is -2.43. The van der Waals surface area contributed by atoms with Gasteiger partial charge < -0.3 is 19.7 Å². The Bertz CT molecular complexity index is 454. The Morgan fingerprint density at radius 1 is 1.35 bits per heavy atom. The summed E-state index contributed by atoms with van der Waals surface area (Å²) in [5.41, 5.74) is 1.11. The van der Waals surface area contributed by atoms with Crippen LogP contribution in [0.2, 0.25) is 5.02 Å². The minimum atomic E-state index is 0.542. The van der Waals surface area contributed by atoms with E-state index in [0.717, 1.165) is 18.7 Å². The zero-order valence-electron chi connectivity index (χ0n) is 12.4. The predicted octanol–water partition coefficient (Wildman–Crippen LogP) is 2.54. The molecular weight excluding hydrogens is 276 g/mol. The highest BCUT2D eigenvalue weighted by molar-refractivity contribution is 6.32. The molecule has 1 aromatic carbocycles. The lowest BCUT2D eigenvalue weighted by Gasteiger charge is -2.30. The Kier molecular flexibility index (Phi) is 5.52. The molecule has 1 heterocycles. The van der Waals surface area contributed by atoms with E-state index in [4.69, 9.17) is 21.1 Å². The lowest BCUT2D eigenvalue weighted by atomic mass is 10.1. The highest BCUT2D eigenvalue weighted by Crippen LogP contribution is 2.36. The van der Waals surface area contributed by atoms with Crippen LogP contribution < -0.4 is 14.8 Å². The van der Waals surface area contributed by atoms with E-state index in [2.05, 4.69) is 17.3 Å². The van der Waals surface area contributed by atoms with Crippen LogP contribution in [0.4, 0.5) is 0 Å². The summed E-state index contributed by atoms with van der Waals surface area (Å²) in [5.74, 6) is 1.27. The number of ether oxygens (including phenoxy) is 2. The van der Waals surface area contributed by atoms with E-state index in [0.29, 0.717) is 22.6 Å². The molecule has 0 bridgehead atoms. The Hall–Kier alpha value is -0.970. The molecule has 1 atom stereocenters. The zero-order valence-corrected chi connectivity index (χ0v) is 13.2. The maximum Gasteiger partial charge on any atom is 0.179 e. The van der Waals surface area contributed by atoms with E-state index in [1.165, 1.54) is 19.4 Å². The van der Waals surface area contributed by atoms with Gasteiger partial charge in [-0.05, 0) is 44.1 Å². The number of likely N-dealkylation sites (tertiary alicyclic amines) is 1. The monoisotopic (exact) mass is 298 g/mol. The molecule has 1 fully saturated rings. The summed E-state index contributed by atoms with van der Waals surface area (Å²) in [6.45, 7) is 3.08. The number of hydrogen-bond acceptors (Lipinski definition) is 4. The van der Waals surface area contributed by atoms with Gasteiger partial charge in [0.25, 0.3) is 0 Å². The summed E-state index contributed by atoms with van der Waals surface area (Å²) in [6, 6.07) is 4.45. The third-order valence-corrected chi connectivity index (χ3v) is 3.99. The van der Waals surface area contributed by atoms with E-state index in [9.17, 15) is 0 Å². The third-order valence-electron chi connectivity index (χ3n) is 3.71. The van der Waals surface area contributed by atoms with Crippen LogP contribution in [0.3, 0.4) is 0 Å². The normalized spacial score (nSPS) is 19.9. The van der Waals surface area contributed by atoms with Gasteiger partial charge >= 0.3 is 0 Å². The molecule has 0 aliphatic carbocycles. The minimum absolute atomic E-state index is 0.542. The fourth-order valence-electron chi connectivity index (χ4n) is 2.67. The average Bonchev–Trinajstić information content (AvgIpc) is 2.44. The van der Waals surface area contributed by atoms with Crippen molar-refractivity contribution in [1.29, 1.82) is 0 Å². The van der Waals surface area contributed by atoms with Crippen molar-refractivity contribution < 1.29 is 9.47 Å². The highest BCUT2D eigenvalue weighted by atomic mass is 35.5. The number of rotatable bonds is 5. The number of piperidine rings is 1. The van der Waals surface area contributed by atoms with Crippen LogP contribution in [0.5, 0.6) is 11.5 Å². The number of halogens is 1. The summed E-state index contributed by atoms with van der Waals surface area (Å²) >= 11 is 6.22. The summed E-state index contributed by atoms with van der Waals surface area (Å²) in [4.78, 5) is 2.36. The molecule has 0 radical (unpaired) electrons. The van der Waals surface area contributed by atoms with Crippen molar-refractivity contribution in [2.45, 2.75) is 25.4 Å². The van der Waals surface area contributed by atoms with Gasteiger partial charge in [-0.15, -0.1) is 0 Å². The van der Waals surface area contributed by atoms with Crippen LogP contribution in [0.15, 0.2) is 12.1 Å². The Balaban J connectivity index is 2.00. The largest absolute Gasteiger partial charge is 0.493 e. The maximum atomic E-state index is 6.22. The van der Waals surface area contributed by atoms with E-state index in [1.54, 1.807) is 14.2 Å². The molecule has 4 nitrogen and oxygen atoms in total. The lowest BCUT2D eigenvalue weighted by molar-refractivity contribution is 0.226. The van der Waals surface area contributed by atoms with Crippen molar-refractivity contribution in [3.05, 3.63) is 22.7 Å². The molecule has 1 aromatic rings. The Morgan fingerprint density at radius 3 is 2.80 bits per heavy atom. The fraction of sp³-hybridized carbons (Fsp3) is 0.600. The van der Waals surface area contributed by atoms with Gasteiger partial charge in [0.15, 0.2) is 11.5 Å². The van der Waals surface area contributed by atoms with Gasteiger partial charge in [0.05, 0.1) is 19.2 Å². The maximum absolute atomic E-state index is 6.22. The molecular formula is C15H23ClN2O2. The third kappa shape index (κ3) is 3.78. The van der Waals surface area contributed by atoms with Gasteiger partial charge in [0.1, 0.15) is 0 Å². The van der Waals surface area contributed by atoms with Gasteiger partial charge in [-0.1, -0.05) is 11.6 Å². The number of methoxy groups -OCH3 is 2. The molecule has 0 saturated carbocycles. The van der Waals surface area contributed by atoms with Crippen LogP contribution in [0, 0.1) is 0 Å². The number of hydrogen-bond donors (Lipinski definition) is 1. The van der Waals surface area contributed by atoms with Crippen LogP contribution >= 0.6 is 11.6 Å². The van der Waals surface area contributed by atoms with E-state index >= 15 is 0 Å².